The highest BCUT2D eigenvalue weighted by molar-refractivity contribution is 5.20. The smallest absolute Gasteiger partial charge is 0.0997 e. The highest BCUT2D eigenvalue weighted by Gasteiger charge is 2.30. The molecule has 0 radical (unpaired) electrons. The summed E-state index contributed by atoms with van der Waals surface area (Å²) >= 11 is 0. The van der Waals surface area contributed by atoms with E-state index >= 15 is 0 Å². The van der Waals surface area contributed by atoms with Gasteiger partial charge in [-0.05, 0) is 25.2 Å². The molecule has 0 spiro atoms. The first-order valence-electron chi connectivity index (χ1n) is 5.84. The van der Waals surface area contributed by atoms with E-state index in [1.165, 1.54) is 18.5 Å². The quantitative estimate of drug-likeness (QED) is 0.800. The second-order valence-electron chi connectivity index (χ2n) is 4.81. The number of nitrogens with two attached hydrogens (primary N) is 1. The van der Waals surface area contributed by atoms with Crippen LogP contribution in [0.4, 0.5) is 0 Å². The molecule has 0 aliphatic heterocycles. The highest BCUT2D eigenvalue weighted by atomic mass is 15.4. The Kier molecular flexibility index (Phi) is 3.05. The van der Waals surface area contributed by atoms with E-state index < -0.39 is 0 Å². The summed E-state index contributed by atoms with van der Waals surface area (Å²) in [5, 5.41) is 8.37. The van der Waals surface area contributed by atoms with Crippen molar-refractivity contribution in [3.05, 3.63) is 11.4 Å². The van der Waals surface area contributed by atoms with Gasteiger partial charge in [0.1, 0.15) is 0 Å². The van der Waals surface area contributed by atoms with Gasteiger partial charge >= 0.3 is 0 Å². The maximum absolute atomic E-state index is 5.67. The average molecular weight is 208 g/mol. The Morgan fingerprint density at radius 2 is 2.20 bits per heavy atom. The third-order valence-electron chi connectivity index (χ3n) is 2.92. The zero-order valence-electron chi connectivity index (χ0n) is 9.61. The number of hydrogen-bond acceptors (Lipinski definition) is 3. The van der Waals surface area contributed by atoms with Crippen LogP contribution in [0.1, 0.15) is 50.4 Å². The molecule has 0 atom stereocenters. The number of rotatable bonds is 5. The molecule has 4 heteroatoms. The topological polar surface area (TPSA) is 56.7 Å². The lowest BCUT2D eigenvalue weighted by Crippen LogP contribution is -2.08. The van der Waals surface area contributed by atoms with Crippen LogP contribution in [0.5, 0.6) is 0 Å². The Labute approximate surface area is 90.8 Å². The molecule has 1 aliphatic carbocycles. The second-order valence-corrected chi connectivity index (χ2v) is 4.81. The van der Waals surface area contributed by atoms with E-state index in [9.17, 15) is 0 Å². The Morgan fingerprint density at radius 1 is 1.47 bits per heavy atom. The third-order valence-corrected chi connectivity index (χ3v) is 2.92. The molecule has 0 aromatic carbocycles. The maximum atomic E-state index is 5.67. The first-order chi connectivity index (χ1) is 7.22. The van der Waals surface area contributed by atoms with Crippen molar-refractivity contribution in [1.82, 2.24) is 15.0 Å². The van der Waals surface area contributed by atoms with Crippen molar-refractivity contribution >= 4 is 0 Å². The van der Waals surface area contributed by atoms with E-state index in [-0.39, 0.29) is 0 Å². The highest BCUT2D eigenvalue weighted by Crippen LogP contribution is 2.41. The molecular formula is C11H20N4. The largest absolute Gasteiger partial charge is 0.325 e. The summed E-state index contributed by atoms with van der Waals surface area (Å²) in [5.41, 5.74) is 7.97. The minimum atomic E-state index is 0.521. The third kappa shape index (κ3) is 2.37. The van der Waals surface area contributed by atoms with E-state index in [1.54, 1.807) is 0 Å². The molecule has 4 nitrogen and oxygen atoms in total. The van der Waals surface area contributed by atoms with Gasteiger partial charge in [-0.2, -0.15) is 0 Å². The molecular weight excluding hydrogens is 188 g/mol. The standard InChI is InChI=1S/C11H20N4/c1-8(2)5-6-15-11(9-3-4-9)10(7-12)13-14-15/h8-9H,3-7,12H2,1-2H3. The Morgan fingerprint density at radius 3 is 2.73 bits per heavy atom. The monoisotopic (exact) mass is 208 g/mol. The summed E-state index contributed by atoms with van der Waals surface area (Å²) in [6.07, 6.45) is 3.72. The minimum absolute atomic E-state index is 0.521. The number of aromatic nitrogens is 3. The molecule has 0 bridgehead atoms. The lowest BCUT2D eigenvalue weighted by Gasteiger charge is -2.08. The maximum Gasteiger partial charge on any atom is 0.0997 e. The predicted molar refractivity (Wildman–Crippen MR) is 59.3 cm³/mol. The van der Waals surface area contributed by atoms with Gasteiger partial charge in [0.15, 0.2) is 0 Å². The summed E-state index contributed by atoms with van der Waals surface area (Å²) in [4.78, 5) is 0. The van der Waals surface area contributed by atoms with Gasteiger partial charge < -0.3 is 5.73 Å². The van der Waals surface area contributed by atoms with Crippen molar-refractivity contribution in [2.24, 2.45) is 11.7 Å². The van der Waals surface area contributed by atoms with Crippen molar-refractivity contribution in [2.75, 3.05) is 0 Å². The van der Waals surface area contributed by atoms with Crippen LogP contribution in [-0.2, 0) is 13.1 Å². The molecule has 1 aliphatic rings. The summed E-state index contributed by atoms with van der Waals surface area (Å²) < 4.78 is 2.07. The van der Waals surface area contributed by atoms with Gasteiger partial charge in [-0.15, -0.1) is 5.10 Å². The fraction of sp³-hybridized carbons (Fsp3) is 0.818. The lowest BCUT2D eigenvalue weighted by atomic mass is 10.1. The SMILES string of the molecule is CC(C)CCn1nnc(CN)c1C1CC1. The molecule has 2 rings (SSSR count). The van der Waals surface area contributed by atoms with Gasteiger partial charge in [0.05, 0.1) is 11.4 Å². The Hall–Kier alpha value is -0.900. The van der Waals surface area contributed by atoms with Crippen LogP contribution in [0.2, 0.25) is 0 Å². The zero-order chi connectivity index (χ0) is 10.8. The van der Waals surface area contributed by atoms with Crippen LogP contribution in [0.15, 0.2) is 0 Å². The average Bonchev–Trinajstić information content (AvgIpc) is 2.96. The van der Waals surface area contributed by atoms with Gasteiger partial charge in [0, 0.05) is 19.0 Å². The molecule has 0 saturated heterocycles. The van der Waals surface area contributed by atoms with Crippen molar-refractivity contribution in [3.8, 4) is 0 Å². The van der Waals surface area contributed by atoms with Crippen LogP contribution in [0.3, 0.4) is 0 Å². The van der Waals surface area contributed by atoms with Crippen molar-refractivity contribution in [1.29, 1.82) is 0 Å². The van der Waals surface area contributed by atoms with Gasteiger partial charge in [0.25, 0.3) is 0 Å². The fourth-order valence-electron chi connectivity index (χ4n) is 1.85. The van der Waals surface area contributed by atoms with Crippen molar-refractivity contribution in [2.45, 2.75) is 52.1 Å². The predicted octanol–water partition coefficient (Wildman–Crippen LogP) is 1.66. The van der Waals surface area contributed by atoms with Crippen LogP contribution >= 0.6 is 0 Å². The van der Waals surface area contributed by atoms with E-state index in [2.05, 4.69) is 28.8 Å². The van der Waals surface area contributed by atoms with Crippen LogP contribution in [-0.4, -0.2) is 15.0 Å². The molecule has 2 N–H and O–H groups in total. The summed E-state index contributed by atoms with van der Waals surface area (Å²) in [5.74, 6) is 1.40. The van der Waals surface area contributed by atoms with E-state index in [4.69, 9.17) is 5.73 Å². The molecule has 0 amide bonds. The Balaban J connectivity index is 2.11. The van der Waals surface area contributed by atoms with E-state index in [0.29, 0.717) is 18.4 Å². The van der Waals surface area contributed by atoms with Crippen LogP contribution in [0, 0.1) is 5.92 Å². The molecule has 15 heavy (non-hydrogen) atoms. The fourth-order valence-corrected chi connectivity index (χ4v) is 1.85. The molecule has 1 aromatic heterocycles. The zero-order valence-corrected chi connectivity index (χ0v) is 9.61. The normalized spacial score (nSPS) is 16.3. The number of hydrogen-bond donors (Lipinski definition) is 1. The molecule has 0 unspecified atom stereocenters. The van der Waals surface area contributed by atoms with Crippen molar-refractivity contribution in [3.63, 3.8) is 0 Å². The second kappa shape index (κ2) is 4.31. The van der Waals surface area contributed by atoms with Crippen LogP contribution in [0.25, 0.3) is 0 Å². The van der Waals surface area contributed by atoms with Crippen molar-refractivity contribution < 1.29 is 0 Å². The van der Waals surface area contributed by atoms with E-state index in [1.807, 2.05) is 0 Å². The van der Waals surface area contributed by atoms with Crippen LogP contribution < -0.4 is 5.73 Å². The molecule has 84 valence electrons. The molecule has 1 saturated carbocycles. The lowest BCUT2D eigenvalue weighted by molar-refractivity contribution is 0.467. The van der Waals surface area contributed by atoms with Gasteiger partial charge in [0.2, 0.25) is 0 Å². The molecule has 1 fully saturated rings. The number of nitrogens with zero attached hydrogens (tertiary/aromatic N) is 3. The van der Waals surface area contributed by atoms with Gasteiger partial charge in [-0.25, -0.2) is 4.68 Å². The van der Waals surface area contributed by atoms with E-state index in [0.717, 1.165) is 18.7 Å². The summed E-state index contributed by atoms with van der Waals surface area (Å²) in [7, 11) is 0. The molecule has 1 aromatic rings. The summed E-state index contributed by atoms with van der Waals surface area (Å²) in [6.45, 7) is 5.97. The molecule has 1 heterocycles. The number of aryl methyl sites for hydroxylation is 1. The first kappa shape index (κ1) is 10.6. The Bertz CT molecular complexity index is 325. The van der Waals surface area contributed by atoms with Gasteiger partial charge in [-0.3, -0.25) is 0 Å². The first-order valence-corrected chi connectivity index (χ1v) is 5.84. The van der Waals surface area contributed by atoms with Gasteiger partial charge in [-0.1, -0.05) is 19.1 Å². The minimum Gasteiger partial charge on any atom is -0.325 e. The summed E-state index contributed by atoms with van der Waals surface area (Å²) in [6, 6.07) is 0.